The monoisotopic (exact) mass is 296 g/mol. The van der Waals surface area contributed by atoms with Crippen LogP contribution in [0.25, 0.3) is 0 Å². The van der Waals surface area contributed by atoms with Gasteiger partial charge in [0.2, 0.25) is 0 Å². The van der Waals surface area contributed by atoms with Gasteiger partial charge in [-0.3, -0.25) is 5.32 Å². The van der Waals surface area contributed by atoms with Crippen LogP contribution < -0.4 is 16.0 Å². The third-order valence-corrected chi connectivity index (χ3v) is 2.78. The van der Waals surface area contributed by atoms with Gasteiger partial charge in [0.05, 0.1) is 19.4 Å². The van der Waals surface area contributed by atoms with Crippen molar-refractivity contribution >= 4 is 11.8 Å². The number of methoxy groups -OCH3 is 1. The predicted molar refractivity (Wildman–Crippen MR) is 81.4 cm³/mol. The Hall–Kier alpha value is -1.79. The molecule has 0 aliphatic rings. The second-order valence-corrected chi connectivity index (χ2v) is 5.82. The standard InChI is InChI=1S/C15H24N2O4/c1-10(9-20-16)11-6-7-12(13(8-11)19-5)17-14(18)21-15(2,3)4/h6-8,10H,9,16H2,1-5H3,(H,17,18). The quantitative estimate of drug-likeness (QED) is 0.816. The molecule has 0 saturated carbocycles. The molecule has 0 bridgehead atoms. The minimum Gasteiger partial charge on any atom is -0.495 e. The lowest BCUT2D eigenvalue weighted by Crippen LogP contribution is -2.27. The molecular weight excluding hydrogens is 272 g/mol. The van der Waals surface area contributed by atoms with E-state index in [-0.39, 0.29) is 5.92 Å². The molecule has 0 saturated heterocycles. The van der Waals surface area contributed by atoms with Gasteiger partial charge >= 0.3 is 6.09 Å². The number of nitrogens with two attached hydrogens (primary N) is 1. The summed E-state index contributed by atoms with van der Waals surface area (Å²) in [6, 6.07) is 5.50. The van der Waals surface area contributed by atoms with Gasteiger partial charge in [-0.05, 0) is 38.5 Å². The first-order valence-electron chi connectivity index (χ1n) is 6.76. The zero-order valence-corrected chi connectivity index (χ0v) is 13.2. The molecule has 3 N–H and O–H groups in total. The van der Waals surface area contributed by atoms with Crippen molar-refractivity contribution in [3.8, 4) is 5.75 Å². The number of rotatable bonds is 5. The van der Waals surface area contributed by atoms with Gasteiger partial charge in [0.25, 0.3) is 0 Å². The summed E-state index contributed by atoms with van der Waals surface area (Å²) in [6.45, 7) is 7.81. The molecule has 1 atom stereocenters. The Balaban J connectivity index is 2.86. The second-order valence-electron chi connectivity index (χ2n) is 5.82. The van der Waals surface area contributed by atoms with Gasteiger partial charge in [0.15, 0.2) is 0 Å². The zero-order valence-electron chi connectivity index (χ0n) is 13.2. The van der Waals surface area contributed by atoms with E-state index in [1.54, 1.807) is 33.9 Å². The van der Waals surface area contributed by atoms with Crippen LogP contribution in [0.1, 0.15) is 39.2 Å². The first-order valence-corrected chi connectivity index (χ1v) is 6.76. The predicted octanol–water partition coefficient (Wildman–Crippen LogP) is 3.04. The van der Waals surface area contributed by atoms with Gasteiger partial charge in [-0.1, -0.05) is 13.0 Å². The minimum absolute atomic E-state index is 0.125. The Labute approximate surface area is 125 Å². The average molecular weight is 296 g/mol. The molecule has 6 nitrogen and oxygen atoms in total. The van der Waals surface area contributed by atoms with E-state index >= 15 is 0 Å². The molecule has 118 valence electrons. The first-order chi connectivity index (χ1) is 9.76. The molecule has 0 aliphatic carbocycles. The summed E-state index contributed by atoms with van der Waals surface area (Å²) in [5, 5.41) is 2.67. The van der Waals surface area contributed by atoms with Crippen LogP contribution in [-0.4, -0.2) is 25.4 Å². The van der Waals surface area contributed by atoms with Gasteiger partial charge < -0.3 is 14.3 Å². The molecule has 21 heavy (non-hydrogen) atoms. The van der Waals surface area contributed by atoms with Crippen molar-refractivity contribution in [2.45, 2.75) is 39.2 Å². The van der Waals surface area contributed by atoms with Crippen LogP contribution in [0.5, 0.6) is 5.75 Å². The van der Waals surface area contributed by atoms with Crippen molar-refractivity contribution in [3.05, 3.63) is 23.8 Å². The van der Waals surface area contributed by atoms with Crippen molar-refractivity contribution in [1.29, 1.82) is 0 Å². The van der Waals surface area contributed by atoms with Gasteiger partial charge in [-0.2, -0.15) is 0 Å². The molecule has 0 heterocycles. The highest BCUT2D eigenvalue weighted by Gasteiger charge is 2.18. The molecule has 6 heteroatoms. The Bertz CT molecular complexity index is 483. The number of ether oxygens (including phenoxy) is 2. The highest BCUT2D eigenvalue weighted by atomic mass is 16.6. The van der Waals surface area contributed by atoms with Crippen molar-refractivity contribution < 1.29 is 19.1 Å². The van der Waals surface area contributed by atoms with E-state index in [0.717, 1.165) is 5.56 Å². The maximum Gasteiger partial charge on any atom is 0.412 e. The Morgan fingerprint density at radius 2 is 2.05 bits per heavy atom. The summed E-state index contributed by atoms with van der Waals surface area (Å²) in [4.78, 5) is 16.4. The molecule has 1 aromatic rings. The summed E-state index contributed by atoms with van der Waals surface area (Å²) in [7, 11) is 1.55. The van der Waals surface area contributed by atoms with E-state index in [0.29, 0.717) is 18.0 Å². The van der Waals surface area contributed by atoms with Crippen LogP contribution >= 0.6 is 0 Å². The fraction of sp³-hybridized carbons (Fsp3) is 0.533. The largest absolute Gasteiger partial charge is 0.495 e. The lowest BCUT2D eigenvalue weighted by atomic mass is 10.0. The van der Waals surface area contributed by atoms with Crippen molar-refractivity contribution in [3.63, 3.8) is 0 Å². The van der Waals surface area contributed by atoms with Crippen LogP contribution in [0.2, 0.25) is 0 Å². The Morgan fingerprint density at radius 1 is 1.38 bits per heavy atom. The third-order valence-electron chi connectivity index (χ3n) is 2.78. The van der Waals surface area contributed by atoms with E-state index < -0.39 is 11.7 Å². The minimum atomic E-state index is -0.551. The smallest absolute Gasteiger partial charge is 0.412 e. The molecule has 0 fully saturated rings. The van der Waals surface area contributed by atoms with Gasteiger partial charge in [0.1, 0.15) is 11.4 Å². The molecule has 1 aromatic carbocycles. The summed E-state index contributed by atoms with van der Waals surface area (Å²) >= 11 is 0. The number of benzene rings is 1. The first kappa shape index (κ1) is 17.3. The molecule has 1 amide bonds. The van der Waals surface area contributed by atoms with Crippen molar-refractivity contribution in [2.75, 3.05) is 19.0 Å². The van der Waals surface area contributed by atoms with Crippen LogP contribution in [0.3, 0.4) is 0 Å². The lowest BCUT2D eigenvalue weighted by molar-refractivity contribution is 0.0635. The topological polar surface area (TPSA) is 82.8 Å². The van der Waals surface area contributed by atoms with E-state index in [2.05, 4.69) is 10.2 Å². The maximum absolute atomic E-state index is 11.8. The fourth-order valence-corrected chi connectivity index (χ4v) is 1.77. The van der Waals surface area contributed by atoms with Crippen molar-refractivity contribution in [2.24, 2.45) is 5.90 Å². The van der Waals surface area contributed by atoms with Crippen LogP contribution in [0, 0.1) is 0 Å². The molecular formula is C15H24N2O4. The van der Waals surface area contributed by atoms with Crippen LogP contribution in [0.4, 0.5) is 10.5 Å². The highest BCUT2D eigenvalue weighted by Crippen LogP contribution is 2.29. The molecule has 0 radical (unpaired) electrons. The summed E-state index contributed by atoms with van der Waals surface area (Å²) in [5.41, 5.74) is 1.01. The number of carbonyl (C=O) groups excluding carboxylic acids is 1. The lowest BCUT2D eigenvalue weighted by Gasteiger charge is -2.20. The number of amides is 1. The van der Waals surface area contributed by atoms with Crippen LogP contribution in [0.15, 0.2) is 18.2 Å². The fourth-order valence-electron chi connectivity index (χ4n) is 1.77. The highest BCUT2D eigenvalue weighted by molar-refractivity contribution is 5.87. The Kier molecular flexibility index (Phi) is 5.99. The summed E-state index contributed by atoms with van der Waals surface area (Å²) < 4.78 is 10.5. The average Bonchev–Trinajstić information content (AvgIpc) is 2.37. The SMILES string of the molecule is COc1cc(C(C)CON)ccc1NC(=O)OC(C)(C)C. The zero-order chi connectivity index (χ0) is 16.0. The second kappa shape index (κ2) is 7.28. The Morgan fingerprint density at radius 3 is 2.57 bits per heavy atom. The molecule has 1 rings (SSSR count). The van der Waals surface area contributed by atoms with E-state index in [1.807, 2.05) is 19.1 Å². The van der Waals surface area contributed by atoms with Gasteiger partial charge in [0, 0.05) is 5.92 Å². The van der Waals surface area contributed by atoms with E-state index in [4.69, 9.17) is 15.4 Å². The number of nitrogens with one attached hydrogen (secondary N) is 1. The number of carbonyl (C=O) groups is 1. The number of hydrogen-bond acceptors (Lipinski definition) is 5. The van der Waals surface area contributed by atoms with Gasteiger partial charge in [-0.25, -0.2) is 10.7 Å². The molecule has 1 unspecified atom stereocenters. The van der Waals surface area contributed by atoms with Crippen molar-refractivity contribution in [1.82, 2.24) is 0 Å². The third kappa shape index (κ3) is 5.61. The van der Waals surface area contributed by atoms with E-state index in [9.17, 15) is 4.79 Å². The normalized spacial score (nSPS) is 12.7. The summed E-state index contributed by atoms with van der Waals surface area (Å²) in [5.74, 6) is 5.77. The molecule has 0 aromatic heterocycles. The van der Waals surface area contributed by atoms with Gasteiger partial charge in [-0.15, -0.1) is 0 Å². The number of hydrogen-bond donors (Lipinski definition) is 2. The summed E-state index contributed by atoms with van der Waals surface area (Å²) in [6.07, 6.45) is -0.521. The maximum atomic E-state index is 11.8. The molecule has 0 spiro atoms. The van der Waals surface area contributed by atoms with Crippen LogP contribution in [-0.2, 0) is 9.57 Å². The number of anilines is 1. The molecule has 0 aliphatic heterocycles. The van der Waals surface area contributed by atoms with E-state index in [1.165, 1.54) is 0 Å².